The zero-order chi connectivity index (χ0) is 11.5. The van der Waals surface area contributed by atoms with Crippen LogP contribution in [0.5, 0.6) is 0 Å². The van der Waals surface area contributed by atoms with E-state index in [0.717, 1.165) is 18.8 Å². The highest BCUT2D eigenvalue weighted by molar-refractivity contribution is 5.92. The van der Waals surface area contributed by atoms with Crippen molar-refractivity contribution >= 4 is 5.91 Å². The maximum absolute atomic E-state index is 11.7. The Kier molecular flexibility index (Phi) is 3.19. The topological polar surface area (TPSA) is 85.8 Å². The van der Waals surface area contributed by atoms with E-state index in [0.29, 0.717) is 24.8 Å². The summed E-state index contributed by atoms with van der Waals surface area (Å²) >= 11 is 0. The van der Waals surface area contributed by atoms with Crippen LogP contribution < -0.4 is 11.1 Å². The predicted octanol–water partition coefficient (Wildman–Crippen LogP) is -0.235. The van der Waals surface area contributed by atoms with Gasteiger partial charge in [0.25, 0.3) is 5.91 Å². The molecule has 6 nitrogen and oxygen atoms in total. The number of nitrogens with one attached hydrogen (secondary N) is 1. The van der Waals surface area contributed by atoms with Gasteiger partial charge in [-0.15, -0.1) is 5.10 Å². The molecule has 1 fully saturated rings. The number of nitrogens with zero attached hydrogens (tertiary/aromatic N) is 3. The van der Waals surface area contributed by atoms with E-state index in [1.54, 1.807) is 10.9 Å². The Morgan fingerprint density at radius 3 is 3.06 bits per heavy atom. The highest BCUT2D eigenvalue weighted by Gasteiger charge is 2.27. The van der Waals surface area contributed by atoms with Crippen LogP contribution in [0.4, 0.5) is 0 Å². The molecule has 1 aromatic rings. The Morgan fingerprint density at radius 1 is 1.69 bits per heavy atom. The van der Waals surface area contributed by atoms with Crippen LogP contribution in [0.2, 0.25) is 0 Å². The summed E-state index contributed by atoms with van der Waals surface area (Å²) in [6, 6.07) is 0.308. The average Bonchev–Trinajstić information content (AvgIpc) is 2.64. The minimum absolute atomic E-state index is 0.139. The molecule has 0 aromatic carbocycles. The van der Waals surface area contributed by atoms with Crippen LogP contribution >= 0.6 is 0 Å². The SMILES string of the molecule is CC1CC(NC(=O)c2cn(CCN)nn2)C1. The van der Waals surface area contributed by atoms with Gasteiger partial charge in [0.2, 0.25) is 0 Å². The van der Waals surface area contributed by atoms with Gasteiger partial charge in [-0.25, -0.2) is 0 Å². The van der Waals surface area contributed by atoms with Crippen molar-refractivity contribution in [2.24, 2.45) is 11.7 Å². The van der Waals surface area contributed by atoms with Gasteiger partial charge in [0.15, 0.2) is 5.69 Å². The molecule has 1 heterocycles. The lowest BCUT2D eigenvalue weighted by atomic mass is 9.82. The first-order valence-electron chi connectivity index (χ1n) is 5.60. The van der Waals surface area contributed by atoms with Crippen LogP contribution in [-0.2, 0) is 6.54 Å². The van der Waals surface area contributed by atoms with Crippen molar-refractivity contribution in [2.75, 3.05) is 6.54 Å². The van der Waals surface area contributed by atoms with Gasteiger partial charge >= 0.3 is 0 Å². The summed E-state index contributed by atoms with van der Waals surface area (Å²) in [5, 5.41) is 10.6. The monoisotopic (exact) mass is 223 g/mol. The second-order valence-electron chi connectivity index (χ2n) is 4.40. The predicted molar refractivity (Wildman–Crippen MR) is 58.7 cm³/mol. The quantitative estimate of drug-likeness (QED) is 0.738. The Labute approximate surface area is 94.2 Å². The van der Waals surface area contributed by atoms with Crippen LogP contribution in [0.25, 0.3) is 0 Å². The molecule has 1 aliphatic rings. The van der Waals surface area contributed by atoms with E-state index in [1.165, 1.54) is 0 Å². The van der Waals surface area contributed by atoms with E-state index >= 15 is 0 Å². The number of carbonyl (C=O) groups is 1. The Morgan fingerprint density at radius 2 is 2.44 bits per heavy atom. The molecule has 2 rings (SSSR count). The molecule has 1 saturated carbocycles. The van der Waals surface area contributed by atoms with Crippen molar-refractivity contribution in [3.8, 4) is 0 Å². The fourth-order valence-corrected chi connectivity index (χ4v) is 1.92. The summed E-state index contributed by atoms with van der Waals surface area (Å²) in [6.45, 7) is 3.26. The highest BCUT2D eigenvalue weighted by Crippen LogP contribution is 2.26. The largest absolute Gasteiger partial charge is 0.348 e. The fourth-order valence-electron chi connectivity index (χ4n) is 1.92. The number of aromatic nitrogens is 3. The van der Waals surface area contributed by atoms with Crippen molar-refractivity contribution in [2.45, 2.75) is 32.4 Å². The standard InChI is InChI=1S/C10H17N5O/c1-7-4-8(5-7)12-10(16)9-6-15(3-2-11)14-13-9/h6-8H,2-5,11H2,1H3,(H,12,16). The molecule has 16 heavy (non-hydrogen) atoms. The lowest BCUT2D eigenvalue weighted by Crippen LogP contribution is -2.43. The van der Waals surface area contributed by atoms with E-state index in [1.807, 2.05) is 0 Å². The molecule has 88 valence electrons. The third-order valence-electron chi connectivity index (χ3n) is 2.84. The number of hydrogen-bond donors (Lipinski definition) is 2. The van der Waals surface area contributed by atoms with Crippen molar-refractivity contribution < 1.29 is 4.79 Å². The molecule has 0 saturated heterocycles. The Hall–Kier alpha value is -1.43. The third kappa shape index (κ3) is 2.38. The van der Waals surface area contributed by atoms with E-state index in [9.17, 15) is 4.79 Å². The lowest BCUT2D eigenvalue weighted by Gasteiger charge is -2.32. The van der Waals surface area contributed by atoms with E-state index < -0.39 is 0 Å². The fraction of sp³-hybridized carbons (Fsp3) is 0.700. The third-order valence-corrected chi connectivity index (χ3v) is 2.84. The first kappa shape index (κ1) is 11.1. The Bertz CT molecular complexity index is 369. The van der Waals surface area contributed by atoms with Gasteiger partial charge in [0.1, 0.15) is 0 Å². The van der Waals surface area contributed by atoms with E-state index in [2.05, 4.69) is 22.6 Å². The number of hydrogen-bond acceptors (Lipinski definition) is 4. The second-order valence-corrected chi connectivity index (χ2v) is 4.40. The molecule has 1 aromatic heterocycles. The zero-order valence-electron chi connectivity index (χ0n) is 9.39. The Balaban J connectivity index is 1.88. The van der Waals surface area contributed by atoms with Gasteiger partial charge < -0.3 is 11.1 Å². The summed E-state index contributed by atoms with van der Waals surface area (Å²) in [5.74, 6) is 0.582. The van der Waals surface area contributed by atoms with Crippen LogP contribution in [0.3, 0.4) is 0 Å². The molecule has 0 unspecified atom stereocenters. The molecular weight excluding hydrogens is 206 g/mol. The van der Waals surface area contributed by atoms with Crippen LogP contribution in [0, 0.1) is 5.92 Å². The first-order valence-corrected chi connectivity index (χ1v) is 5.60. The average molecular weight is 223 g/mol. The van der Waals surface area contributed by atoms with Gasteiger partial charge in [-0.3, -0.25) is 9.48 Å². The van der Waals surface area contributed by atoms with Gasteiger partial charge in [0, 0.05) is 12.6 Å². The minimum Gasteiger partial charge on any atom is -0.348 e. The highest BCUT2D eigenvalue weighted by atomic mass is 16.2. The summed E-state index contributed by atoms with van der Waals surface area (Å²) < 4.78 is 1.58. The lowest BCUT2D eigenvalue weighted by molar-refractivity contribution is 0.0891. The van der Waals surface area contributed by atoms with Gasteiger partial charge in [0.05, 0.1) is 12.7 Å². The zero-order valence-corrected chi connectivity index (χ0v) is 9.39. The van der Waals surface area contributed by atoms with Crippen LogP contribution in [0.15, 0.2) is 6.20 Å². The van der Waals surface area contributed by atoms with E-state index in [4.69, 9.17) is 5.73 Å². The molecule has 1 aliphatic carbocycles. The van der Waals surface area contributed by atoms with Crippen LogP contribution in [-0.4, -0.2) is 33.5 Å². The van der Waals surface area contributed by atoms with Crippen LogP contribution in [0.1, 0.15) is 30.3 Å². The van der Waals surface area contributed by atoms with Gasteiger partial charge in [-0.05, 0) is 18.8 Å². The molecule has 6 heteroatoms. The number of carbonyl (C=O) groups excluding carboxylic acids is 1. The molecule has 0 aliphatic heterocycles. The smallest absolute Gasteiger partial charge is 0.273 e. The molecule has 0 radical (unpaired) electrons. The summed E-state index contributed by atoms with van der Waals surface area (Å²) in [7, 11) is 0. The van der Waals surface area contributed by atoms with Crippen molar-refractivity contribution in [1.82, 2.24) is 20.3 Å². The first-order chi connectivity index (χ1) is 7.69. The molecule has 0 atom stereocenters. The summed E-state index contributed by atoms with van der Waals surface area (Å²) in [6.07, 6.45) is 3.75. The van der Waals surface area contributed by atoms with Crippen molar-refractivity contribution in [1.29, 1.82) is 0 Å². The second kappa shape index (κ2) is 4.61. The summed E-state index contributed by atoms with van der Waals surface area (Å²) in [4.78, 5) is 11.7. The van der Waals surface area contributed by atoms with E-state index in [-0.39, 0.29) is 5.91 Å². The maximum atomic E-state index is 11.7. The van der Waals surface area contributed by atoms with Gasteiger partial charge in [-0.1, -0.05) is 12.1 Å². The normalized spacial score (nSPS) is 23.9. The molecule has 0 bridgehead atoms. The maximum Gasteiger partial charge on any atom is 0.273 e. The summed E-state index contributed by atoms with van der Waals surface area (Å²) in [5.41, 5.74) is 5.75. The van der Waals surface area contributed by atoms with Crippen molar-refractivity contribution in [3.63, 3.8) is 0 Å². The molecule has 3 N–H and O–H groups in total. The number of rotatable bonds is 4. The molecular formula is C10H17N5O. The molecule has 1 amide bonds. The number of nitrogens with two attached hydrogens (primary N) is 1. The number of amides is 1. The molecule has 0 spiro atoms. The van der Waals surface area contributed by atoms with Gasteiger partial charge in [-0.2, -0.15) is 0 Å². The minimum atomic E-state index is -0.139. The van der Waals surface area contributed by atoms with Crippen molar-refractivity contribution in [3.05, 3.63) is 11.9 Å².